The number of halogens is 1. The maximum absolute atomic E-state index is 11.2. The van der Waals surface area contributed by atoms with Crippen LogP contribution in [0.15, 0.2) is 28.7 Å². The summed E-state index contributed by atoms with van der Waals surface area (Å²) in [6.07, 6.45) is 0. The third kappa shape index (κ3) is 4.75. The Labute approximate surface area is 111 Å². The van der Waals surface area contributed by atoms with E-state index in [0.717, 1.165) is 10.0 Å². The quantitative estimate of drug-likeness (QED) is 0.838. The summed E-state index contributed by atoms with van der Waals surface area (Å²) < 4.78 is 25.8. The van der Waals surface area contributed by atoms with Crippen molar-refractivity contribution in [3.63, 3.8) is 0 Å². The van der Waals surface area contributed by atoms with Crippen LogP contribution in [0.5, 0.6) is 0 Å². The lowest BCUT2D eigenvalue weighted by molar-refractivity contribution is 0.566. The minimum Gasteiger partial charge on any atom is -0.309 e. The first-order chi connectivity index (χ1) is 7.96. The van der Waals surface area contributed by atoms with Crippen molar-refractivity contribution in [1.82, 2.24) is 10.0 Å². The van der Waals surface area contributed by atoms with Gasteiger partial charge in [-0.15, -0.1) is 0 Å². The molecular weight excluding hydrogens is 304 g/mol. The second-order valence-electron chi connectivity index (χ2n) is 3.72. The lowest BCUT2D eigenvalue weighted by Crippen LogP contribution is -2.31. The predicted octanol–water partition coefficient (Wildman–Crippen LogP) is 1.65. The molecule has 0 amide bonds. The van der Waals surface area contributed by atoms with E-state index >= 15 is 0 Å². The molecule has 0 saturated carbocycles. The molecule has 1 unspecified atom stereocenters. The molecule has 0 radical (unpaired) electrons. The predicted molar refractivity (Wildman–Crippen MR) is 73.4 cm³/mol. The number of nitrogens with one attached hydrogen (secondary N) is 2. The highest BCUT2D eigenvalue weighted by molar-refractivity contribution is 9.10. The Morgan fingerprint density at radius 2 is 2.00 bits per heavy atom. The van der Waals surface area contributed by atoms with Crippen molar-refractivity contribution in [1.29, 1.82) is 0 Å². The van der Waals surface area contributed by atoms with Gasteiger partial charge in [0.25, 0.3) is 0 Å². The van der Waals surface area contributed by atoms with E-state index in [-0.39, 0.29) is 11.8 Å². The van der Waals surface area contributed by atoms with Crippen molar-refractivity contribution in [2.24, 2.45) is 0 Å². The number of benzene rings is 1. The Kier molecular flexibility index (Phi) is 5.58. The van der Waals surface area contributed by atoms with Crippen LogP contribution in [0.3, 0.4) is 0 Å². The molecule has 0 aliphatic heterocycles. The number of sulfonamides is 1. The Morgan fingerprint density at radius 3 is 2.59 bits per heavy atom. The summed E-state index contributed by atoms with van der Waals surface area (Å²) in [5, 5.41) is 3.18. The van der Waals surface area contributed by atoms with Crippen molar-refractivity contribution < 1.29 is 8.42 Å². The van der Waals surface area contributed by atoms with Crippen LogP contribution < -0.4 is 10.0 Å². The zero-order valence-corrected chi connectivity index (χ0v) is 12.3. The summed E-state index contributed by atoms with van der Waals surface area (Å²) in [7, 11) is -1.71. The second-order valence-corrected chi connectivity index (χ2v) is 6.62. The molecule has 0 spiro atoms. The molecule has 96 valence electrons. The van der Waals surface area contributed by atoms with Gasteiger partial charge in [0.15, 0.2) is 0 Å². The molecule has 17 heavy (non-hydrogen) atoms. The van der Waals surface area contributed by atoms with Crippen LogP contribution in [0.25, 0.3) is 0 Å². The molecule has 0 aliphatic carbocycles. The molecule has 1 atom stereocenters. The summed E-state index contributed by atoms with van der Waals surface area (Å²) in [5.74, 6) is 0.0816. The topological polar surface area (TPSA) is 58.2 Å². The van der Waals surface area contributed by atoms with Gasteiger partial charge in [0, 0.05) is 17.1 Å². The monoisotopic (exact) mass is 320 g/mol. The fraction of sp³-hybridized carbons (Fsp3) is 0.455. The van der Waals surface area contributed by atoms with E-state index in [0.29, 0.717) is 6.54 Å². The molecule has 0 fully saturated rings. The van der Waals surface area contributed by atoms with Crippen molar-refractivity contribution >= 4 is 26.0 Å². The van der Waals surface area contributed by atoms with Gasteiger partial charge >= 0.3 is 0 Å². The lowest BCUT2D eigenvalue weighted by Gasteiger charge is -2.15. The molecule has 0 bridgehead atoms. The molecule has 0 aromatic heterocycles. The fourth-order valence-corrected chi connectivity index (χ4v) is 2.67. The molecular formula is C11H17BrN2O2S. The standard InChI is InChI=1S/C11H17BrN2O2S/c1-9(10-5-3-4-6-11(10)12)14-7-8-17(15,16)13-2/h3-6,9,13-14H,7-8H2,1-2H3. The van der Waals surface area contributed by atoms with Crippen molar-refractivity contribution in [3.8, 4) is 0 Å². The third-order valence-corrected chi connectivity index (χ3v) is 4.59. The van der Waals surface area contributed by atoms with Gasteiger partial charge in [0.05, 0.1) is 5.75 Å². The second kappa shape index (κ2) is 6.49. The van der Waals surface area contributed by atoms with Gasteiger partial charge in [-0.1, -0.05) is 34.1 Å². The fourth-order valence-electron chi connectivity index (χ4n) is 1.45. The Hall–Kier alpha value is -0.430. The molecule has 2 N–H and O–H groups in total. The van der Waals surface area contributed by atoms with Gasteiger partial charge in [-0.3, -0.25) is 0 Å². The van der Waals surface area contributed by atoms with Crippen LogP contribution in [0.1, 0.15) is 18.5 Å². The van der Waals surface area contributed by atoms with Crippen molar-refractivity contribution in [3.05, 3.63) is 34.3 Å². The normalized spacial score (nSPS) is 13.6. The van der Waals surface area contributed by atoms with E-state index in [1.807, 2.05) is 31.2 Å². The minimum absolute atomic E-state index is 0.0816. The van der Waals surface area contributed by atoms with Crippen molar-refractivity contribution in [2.45, 2.75) is 13.0 Å². The summed E-state index contributed by atoms with van der Waals surface area (Å²) in [4.78, 5) is 0. The SMILES string of the molecule is CNS(=O)(=O)CCNC(C)c1ccccc1Br. The van der Waals surface area contributed by atoms with E-state index in [4.69, 9.17) is 0 Å². The van der Waals surface area contributed by atoms with Gasteiger partial charge in [0.2, 0.25) is 10.0 Å². The molecule has 1 aromatic carbocycles. The first kappa shape index (κ1) is 14.6. The van der Waals surface area contributed by atoms with Crippen LogP contribution in [-0.4, -0.2) is 27.8 Å². The number of hydrogen-bond donors (Lipinski definition) is 2. The van der Waals surface area contributed by atoms with E-state index in [1.165, 1.54) is 7.05 Å². The van der Waals surface area contributed by atoms with Gasteiger partial charge in [-0.05, 0) is 25.6 Å². The van der Waals surface area contributed by atoms with Crippen LogP contribution in [0.4, 0.5) is 0 Å². The van der Waals surface area contributed by atoms with Crippen LogP contribution >= 0.6 is 15.9 Å². The minimum atomic E-state index is -3.13. The molecule has 1 rings (SSSR count). The molecule has 4 nitrogen and oxygen atoms in total. The molecule has 6 heteroatoms. The molecule has 1 aromatic rings. The van der Waals surface area contributed by atoms with Crippen LogP contribution in [-0.2, 0) is 10.0 Å². The summed E-state index contributed by atoms with van der Waals surface area (Å²) in [6.45, 7) is 2.43. The van der Waals surface area contributed by atoms with Crippen LogP contribution in [0.2, 0.25) is 0 Å². The maximum atomic E-state index is 11.2. The van der Waals surface area contributed by atoms with E-state index in [2.05, 4.69) is 26.0 Å². The molecule has 0 aliphatic rings. The van der Waals surface area contributed by atoms with E-state index in [1.54, 1.807) is 0 Å². The number of rotatable bonds is 6. The molecule has 0 saturated heterocycles. The zero-order chi connectivity index (χ0) is 12.9. The highest BCUT2D eigenvalue weighted by Gasteiger charge is 2.10. The van der Waals surface area contributed by atoms with E-state index in [9.17, 15) is 8.42 Å². The lowest BCUT2D eigenvalue weighted by atomic mass is 10.1. The summed E-state index contributed by atoms with van der Waals surface area (Å²) >= 11 is 3.47. The third-order valence-electron chi connectivity index (χ3n) is 2.50. The Morgan fingerprint density at radius 1 is 1.35 bits per heavy atom. The van der Waals surface area contributed by atoms with Gasteiger partial charge in [-0.25, -0.2) is 13.1 Å². The van der Waals surface area contributed by atoms with Crippen LogP contribution in [0, 0.1) is 0 Å². The molecule has 0 heterocycles. The van der Waals surface area contributed by atoms with Crippen molar-refractivity contribution in [2.75, 3.05) is 19.3 Å². The van der Waals surface area contributed by atoms with Gasteiger partial charge < -0.3 is 5.32 Å². The first-order valence-electron chi connectivity index (χ1n) is 5.35. The Bertz CT molecular complexity index is 462. The maximum Gasteiger partial charge on any atom is 0.212 e. The largest absolute Gasteiger partial charge is 0.309 e. The van der Waals surface area contributed by atoms with E-state index < -0.39 is 10.0 Å². The highest BCUT2D eigenvalue weighted by atomic mass is 79.9. The first-order valence-corrected chi connectivity index (χ1v) is 7.80. The smallest absolute Gasteiger partial charge is 0.212 e. The average molecular weight is 321 g/mol. The van der Waals surface area contributed by atoms with Gasteiger partial charge in [-0.2, -0.15) is 0 Å². The zero-order valence-electron chi connectivity index (χ0n) is 9.90. The summed E-state index contributed by atoms with van der Waals surface area (Å²) in [6, 6.07) is 8.00. The highest BCUT2D eigenvalue weighted by Crippen LogP contribution is 2.22. The van der Waals surface area contributed by atoms with Gasteiger partial charge in [0.1, 0.15) is 0 Å². The Balaban J connectivity index is 2.51. The summed E-state index contributed by atoms with van der Waals surface area (Å²) in [5.41, 5.74) is 1.12. The number of hydrogen-bond acceptors (Lipinski definition) is 3. The average Bonchev–Trinajstić information content (AvgIpc) is 2.29.